The van der Waals surface area contributed by atoms with Crippen LogP contribution in [0.2, 0.25) is 0 Å². The summed E-state index contributed by atoms with van der Waals surface area (Å²) < 4.78 is 0. The molecule has 0 heterocycles. The highest BCUT2D eigenvalue weighted by Crippen LogP contribution is 2.10. The second-order valence-electron chi connectivity index (χ2n) is 9.28. The van der Waals surface area contributed by atoms with Gasteiger partial charge in [-0.15, -0.1) is 0 Å². The number of hydrogen-bond acceptors (Lipinski definition) is 6. The number of carboxylic acid groups (broad SMARTS) is 1. The molecular weight excluding hydrogens is 440 g/mol. The summed E-state index contributed by atoms with van der Waals surface area (Å²) in [4.78, 5) is 50.1. The van der Waals surface area contributed by atoms with E-state index in [2.05, 4.69) is 16.0 Å². The summed E-state index contributed by atoms with van der Waals surface area (Å²) >= 11 is 0. The first-order valence-electron chi connectivity index (χ1n) is 11.4. The van der Waals surface area contributed by atoms with E-state index in [4.69, 9.17) is 5.73 Å². The van der Waals surface area contributed by atoms with E-state index in [-0.39, 0.29) is 24.7 Å². The summed E-state index contributed by atoms with van der Waals surface area (Å²) in [5, 5.41) is 26.8. The molecule has 34 heavy (non-hydrogen) atoms. The van der Waals surface area contributed by atoms with Crippen LogP contribution in [0.1, 0.15) is 46.6 Å². The number of rotatable bonds is 13. The van der Waals surface area contributed by atoms with E-state index in [1.54, 1.807) is 38.1 Å². The normalized spacial score (nSPS) is 15.7. The molecule has 190 valence electrons. The number of aliphatic carboxylic acids is 1. The highest BCUT2D eigenvalue weighted by molar-refractivity contribution is 5.94. The van der Waals surface area contributed by atoms with Crippen molar-refractivity contribution in [2.75, 3.05) is 0 Å². The van der Waals surface area contributed by atoms with Gasteiger partial charge >= 0.3 is 5.97 Å². The Kier molecular flexibility index (Phi) is 11.7. The van der Waals surface area contributed by atoms with Crippen LogP contribution >= 0.6 is 0 Å². The van der Waals surface area contributed by atoms with Crippen LogP contribution in [0, 0.1) is 11.8 Å². The minimum Gasteiger partial charge on any atom is -0.480 e. The number of aliphatic hydroxyl groups excluding tert-OH is 1. The van der Waals surface area contributed by atoms with Gasteiger partial charge in [-0.1, -0.05) is 58.0 Å². The predicted octanol–water partition coefficient (Wildman–Crippen LogP) is 0.178. The fourth-order valence-corrected chi connectivity index (χ4v) is 3.29. The van der Waals surface area contributed by atoms with Crippen LogP contribution in [-0.2, 0) is 25.6 Å². The van der Waals surface area contributed by atoms with Gasteiger partial charge in [0.1, 0.15) is 24.2 Å². The summed E-state index contributed by atoms with van der Waals surface area (Å²) in [6.07, 6.45) is -0.727. The molecule has 0 radical (unpaired) electrons. The highest BCUT2D eigenvalue weighted by atomic mass is 16.4. The number of hydrogen-bond donors (Lipinski definition) is 6. The zero-order chi connectivity index (χ0) is 26.0. The summed E-state index contributed by atoms with van der Waals surface area (Å²) in [5.74, 6) is -3.45. The summed E-state index contributed by atoms with van der Waals surface area (Å²) in [5.41, 5.74) is 6.48. The van der Waals surface area contributed by atoms with Crippen molar-refractivity contribution in [3.8, 4) is 0 Å². The number of aliphatic hydroxyl groups is 1. The molecule has 0 saturated carbocycles. The van der Waals surface area contributed by atoms with E-state index in [0.29, 0.717) is 0 Å². The average Bonchev–Trinajstić information content (AvgIpc) is 2.75. The lowest BCUT2D eigenvalue weighted by Gasteiger charge is -2.27. The molecule has 10 heteroatoms. The first-order chi connectivity index (χ1) is 15.8. The van der Waals surface area contributed by atoms with Gasteiger partial charge in [-0.05, 0) is 30.7 Å². The molecule has 7 N–H and O–H groups in total. The average molecular weight is 479 g/mol. The third-order valence-corrected chi connectivity index (χ3v) is 5.31. The van der Waals surface area contributed by atoms with Crippen LogP contribution in [0.3, 0.4) is 0 Å². The van der Waals surface area contributed by atoms with Gasteiger partial charge in [0.25, 0.3) is 0 Å². The van der Waals surface area contributed by atoms with E-state index in [0.717, 1.165) is 5.56 Å². The third kappa shape index (κ3) is 9.48. The largest absolute Gasteiger partial charge is 0.480 e. The molecule has 3 amide bonds. The molecule has 0 spiro atoms. The van der Waals surface area contributed by atoms with E-state index >= 15 is 0 Å². The third-order valence-electron chi connectivity index (χ3n) is 5.31. The number of nitrogens with one attached hydrogen (secondary N) is 3. The molecule has 0 aromatic heterocycles. The molecule has 1 rings (SSSR count). The number of carbonyl (C=O) groups is 4. The Morgan fingerprint density at radius 1 is 0.853 bits per heavy atom. The van der Waals surface area contributed by atoms with Gasteiger partial charge in [0, 0.05) is 6.42 Å². The molecule has 0 saturated heterocycles. The van der Waals surface area contributed by atoms with Crippen molar-refractivity contribution in [1.82, 2.24) is 16.0 Å². The van der Waals surface area contributed by atoms with Gasteiger partial charge in [0.2, 0.25) is 17.7 Å². The lowest BCUT2D eigenvalue weighted by Crippen LogP contribution is -2.59. The zero-order valence-electron chi connectivity index (χ0n) is 20.4. The molecule has 0 aliphatic carbocycles. The molecular formula is C24H38N4O6. The molecule has 0 fully saturated rings. The van der Waals surface area contributed by atoms with E-state index < -0.39 is 54.0 Å². The first-order valence-corrected chi connectivity index (χ1v) is 11.4. The van der Waals surface area contributed by atoms with Crippen molar-refractivity contribution in [3.63, 3.8) is 0 Å². The number of carboxylic acids is 1. The van der Waals surface area contributed by atoms with Crippen molar-refractivity contribution < 1.29 is 29.4 Å². The number of benzene rings is 1. The van der Waals surface area contributed by atoms with Crippen molar-refractivity contribution in [2.45, 2.75) is 77.7 Å². The minimum atomic E-state index is -1.23. The van der Waals surface area contributed by atoms with Crippen molar-refractivity contribution in [1.29, 1.82) is 0 Å². The Morgan fingerprint density at radius 2 is 1.38 bits per heavy atom. The van der Waals surface area contributed by atoms with Crippen LogP contribution in [0.5, 0.6) is 0 Å². The molecule has 0 aliphatic heterocycles. The van der Waals surface area contributed by atoms with Crippen molar-refractivity contribution >= 4 is 23.7 Å². The summed E-state index contributed by atoms with van der Waals surface area (Å²) in [6.45, 7) is 8.45. The molecule has 1 aromatic carbocycles. The van der Waals surface area contributed by atoms with Gasteiger partial charge in [-0.25, -0.2) is 4.79 Å². The Hall–Kier alpha value is -2.98. The van der Waals surface area contributed by atoms with Crippen LogP contribution in [-0.4, -0.2) is 64.2 Å². The van der Waals surface area contributed by atoms with Crippen LogP contribution < -0.4 is 21.7 Å². The molecule has 0 bridgehead atoms. The standard InChI is InChI=1S/C24H38N4O6/c1-13(2)11-17(22(31)28-20(14(3)4)24(33)34)26-21(30)18(12-16-9-7-6-8-10-16)27-23(32)19(25)15(5)29/h6-10,13-15,17-20,29H,11-12,25H2,1-5H3,(H,26,30)(H,27,32)(H,28,31)(H,33,34). The summed E-state index contributed by atoms with van der Waals surface area (Å²) in [7, 11) is 0. The van der Waals surface area contributed by atoms with Crippen LogP contribution in [0.25, 0.3) is 0 Å². The number of carbonyl (C=O) groups excluding carboxylic acids is 3. The fourth-order valence-electron chi connectivity index (χ4n) is 3.29. The monoisotopic (exact) mass is 478 g/mol. The van der Waals surface area contributed by atoms with Gasteiger partial charge in [-0.2, -0.15) is 0 Å². The Morgan fingerprint density at radius 3 is 1.85 bits per heavy atom. The number of amides is 3. The zero-order valence-corrected chi connectivity index (χ0v) is 20.4. The first kappa shape index (κ1) is 29.1. The van der Waals surface area contributed by atoms with Gasteiger partial charge in [0.15, 0.2) is 0 Å². The fraction of sp³-hybridized carbons (Fsp3) is 0.583. The second kappa shape index (κ2) is 13.7. The van der Waals surface area contributed by atoms with Gasteiger partial charge in [-0.3, -0.25) is 14.4 Å². The van der Waals surface area contributed by atoms with Crippen molar-refractivity contribution in [3.05, 3.63) is 35.9 Å². The maximum atomic E-state index is 13.2. The lowest BCUT2D eigenvalue weighted by molar-refractivity contribution is -0.143. The maximum Gasteiger partial charge on any atom is 0.326 e. The maximum absolute atomic E-state index is 13.2. The molecule has 5 unspecified atom stereocenters. The highest BCUT2D eigenvalue weighted by Gasteiger charge is 2.32. The van der Waals surface area contributed by atoms with Crippen molar-refractivity contribution in [2.24, 2.45) is 17.6 Å². The predicted molar refractivity (Wildman–Crippen MR) is 128 cm³/mol. The second-order valence-corrected chi connectivity index (χ2v) is 9.28. The van der Waals surface area contributed by atoms with E-state index in [9.17, 15) is 29.4 Å². The van der Waals surface area contributed by atoms with Gasteiger partial charge in [0.05, 0.1) is 6.10 Å². The summed E-state index contributed by atoms with van der Waals surface area (Å²) in [6, 6.07) is 4.57. The van der Waals surface area contributed by atoms with Crippen LogP contribution in [0.4, 0.5) is 0 Å². The number of nitrogens with two attached hydrogens (primary N) is 1. The Bertz CT molecular complexity index is 828. The molecule has 0 aliphatic rings. The van der Waals surface area contributed by atoms with E-state index in [1.165, 1.54) is 6.92 Å². The molecule has 5 atom stereocenters. The topological polar surface area (TPSA) is 171 Å². The van der Waals surface area contributed by atoms with Gasteiger partial charge < -0.3 is 31.9 Å². The Labute approximate surface area is 200 Å². The van der Waals surface area contributed by atoms with Crippen LogP contribution in [0.15, 0.2) is 30.3 Å². The smallest absolute Gasteiger partial charge is 0.326 e. The lowest BCUT2D eigenvalue weighted by atomic mass is 9.99. The minimum absolute atomic E-state index is 0.0178. The molecule has 1 aromatic rings. The Balaban J connectivity index is 3.11. The molecule has 10 nitrogen and oxygen atoms in total. The SMILES string of the molecule is CC(C)CC(NC(=O)C(Cc1ccccc1)NC(=O)C(N)C(C)O)C(=O)NC(C(=O)O)C(C)C. The van der Waals surface area contributed by atoms with E-state index in [1.807, 2.05) is 19.9 Å². The quantitative estimate of drug-likeness (QED) is 0.235.